The topological polar surface area (TPSA) is 79.7 Å². The van der Waals surface area contributed by atoms with Crippen LogP contribution in [0.15, 0.2) is 42.9 Å². The molecule has 0 bridgehead atoms. The van der Waals surface area contributed by atoms with Crippen LogP contribution in [0.3, 0.4) is 0 Å². The van der Waals surface area contributed by atoms with Gasteiger partial charge in [0.2, 0.25) is 0 Å². The Morgan fingerprint density at radius 1 is 1.02 bits per heavy atom. The van der Waals surface area contributed by atoms with Crippen LogP contribution in [-0.2, 0) is 4.74 Å². The first kappa shape index (κ1) is 29.9. The van der Waals surface area contributed by atoms with E-state index in [9.17, 15) is 4.39 Å². The smallest absolute Gasteiger partial charge is 0.282 e. The van der Waals surface area contributed by atoms with Gasteiger partial charge in [-0.15, -0.1) is 10.2 Å². The average molecular weight is 640 g/mol. The van der Waals surface area contributed by atoms with Crippen molar-refractivity contribution in [2.24, 2.45) is 29.1 Å². The maximum Gasteiger partial charge on any atom is 0.282 e. The van der Waals surface area contributed by atoms with Gasteiger partial charge in [-0.05, 0) is 79.7 Å². The molecule has 4 aliphatic heterocycles. The molecule has 6 aliphatic rings. The molecule has 0 radical (unpaired) electrons. The van der Waals surface area contributed by atoms with Gasteiger partial charge in [-0.25, -0.2) is 9.37 Å². The highest BCUT2D eigenvalue weighted by Crippen LogP contribution is 2.49. The van der Waals surface area contributed by atoms with Crippen molar-refractivity contribution in [3.05, 3.63) is 54.2 Å². The van der Waals surface area contributed by atoms with Gasteiger partial charge in [0, 0.05) is 80.4 Å². The van der Waals surface area contributed by atoms with Crippen LogP contribution in [0.5, 0.6) is 11.6 Å². The standard InChI is InChI=1S/C37H46FN7O2/c1-23(2)34(25-12-29(13-25)44-15-26-17-46-18-27(26)16-44)45-20-37(21-45)9-11-43(19-37)35-36(42-41-22-40-35)47-32-8-7-28(38)14-31(32)33-30(24-5-6-24)4-3-10-39-33/h3-4,7-8,10,14,22-27,29,34H,5-6,9,11-13,15-21H2,1-2H3/t25?,26-,27+,29?,34-/m1/s1. The van der Waals surface area contributed by atoms with Crippen molar-refractivity contribution in [3.63, 3.8) is 0 Å². The second kappa shape index (κ2) is 11.7. The van der Waals surface area contributed by atoms with E-state index in [-0.39, 0.29) is 11.2 Å². The number of aromatic nitrogens is 4. The Kier molecular flexibility index (Phi) is 7.47. The summed E-state index contributed by atoms with van der Waals surface area (Å²) in [5, 5.41) is 8.47. The van der Waals surface area contributed by atoms with E-state index in [4.69, 9.17) is 9.47 Å². The number of ether oxygens (including phenoxy) is 2. The molecule has 3 atom stereocenters. The minimum absolute atomic E-state index is 0.263. The van der Waals surface area contributed by atoms with Crippen LogP contribution in [0.1, 0.15) is 57.4 Å². The van der Waals surface area contributed by atoms with E-state index in [1.807, 2.05) is 6.07 Å². The van der Waals surface area contributed by atoms with Crippen LogP contribution >= 0.6 is 0 Å². The minimum atomic E-state index is -0.321. The van der Waals surface area contributed by atoms with E-state index in [0.717, 1.165) is 93.7 Å². The van der Waals surface area contributed by atoms with E-state index in [1.54, 1.807) is 12.3 Å². The molecule has 3 aromatic rings. The van der Waals surface area contributed by atoms with Gasteiger partial charge in [0.15, 0.2) is 5.82 Å². The van der Waals surface area contributed by atoms with Crippen molar-refractivity contribution >= 4 is 5.82 Å². The number of halogens is 1. The zero-order valence-electron chi connectivity index (χ0n) is 27.6. The number of pyridine rings is 1. The molecule has 9 nitrogen and oxygen atoms in total. The quantitative estimate of drug-likeness (QED) is 0.296. The first-order valence-corrected chi connectivity index (χ1v) is 17.8. The summed E-state index contributed by atoms with van der Waals surface area (Å²) in [5.41, 5.74) is 2.81. The lowest BCUT2D eigenvalue weighted by Gasteiger charge is -2.57. The highest BCUT2D eigenvalue weighted by atomic mass is 19.1. The van der Waals surface area contributed by atoms with Gasteiger partial charge in [-0.3, -0.25) is 14.8 Å². The number of hydrogen-bond acceptors (Lipinski definition) is 9. The number of benzene rings is 1. The monoisotopic (exact) mass is 639 g/mol. The molecule has 9 rings (SSSR count). The van der Waals surface area contributed by atoms with Crippen molar-refractivity contribution in [3.8, 4) is 22.9 Å². The molecule has 2 aliphatic carbocycles. The van der Waals surface area contributed by atoms with Crippen LogP contribution < -0.4 is 9.64 Å². The number of anilines is 1. The van der Waals surface area contributed by atoms with Crippen LogP contribution in [-0.4, -0.2) is 94.5 Å². The zero-order chi connectivity index (χ0) is 31.7. The molecule has 1 spiro atoms. The van der Waals surface area contributed by atoms with E-state index in [1.165, 1.54) is 44.4 Å². The van der Waals surface area contributed by atoms with Crippen molar-refractivity contribution in [2.45, 2.75) is 64.0 Å². The fraction of sp³-hybridized carbons (Fsp3) is 0.622. The molecule has 10 heteroatoms. The fourth-order valence-corrected chi connectivity index (χ4v) is 9.68. The molecule has 1 aromatic carbocycles. The van der Waals surface area contributed by atoms with Gasteiger partial charge in [0.25, 0.3) is 5.88 Å². The van der Waals surface area contributed by atoms with Crippen LogP contribution in [0.25, 0.3) is 11.3 Å². The molecule has 0 unspecified atom stereocenters. The summed E-state index contributed by atoms with van der Waals surface area (Å²) in [5.74, 6) is 4.71. The third kappa shape index (κ3) is 5.50. The Bertz CT molecular complexity index is 1610. The molecular formula is C37H46FN7O2. The minimum Gasteiger partial charge on any atom is -0.434 e. The van der Waals surface area contributed by atoms with E-state index in [0.29, 0.717) is 40.9 Å². The van der Waals surface area contributed by atoms with Crippen molar-refractivity contribution in [1.82, 2.24) is 30.0 Å². The Morgan fingerprint density at radius 3 is 2.60 bits per heavy atom. The van der Waals surface area contributed by atoms with Crippen LogP contribution in [0, 0.1) is 34.9 Å². The molecule has 6 heterocycles. The number of nitrogens with zero attached hydrogens (tertiary/aromatic N) is 7. The number of hydrogen-bond donors (Lipinski definition) is 0. The molecule has 2 saturated carbocycles. The maximum atomic E-state index is 14.6. The molecule has 47 heavy (non-hydrogen) atoms. The van der Waals surface area contributed by atoms with Gasteiger partial charge in [0.05, 0.1) is 18.9 Å². The van der Waals surface area contributed by atoms with Crippen molar-refractivity contribution in [2.75, 3.05) is 57.4 Å². The molecule has 4 saturated heterocycles. The Morgan fingerprint density at radius 2 is 1.83 bits per heavy atom. The fourth-order valence-electron chi connectivity index (χ4n) is 9.68. The number of likely N-dealkylation sites (tertiary alicyclic amines) is 2. The lowest BCUT2D eigenvalue weighted by atomic mass is 9.68. The first-order chi connectivity index (χ1) is 22.9. The van der Waals surface area contributed by atoms with Gasteiger partial charge in [-0.1, -0.05) is 19.9 Å². The summed E-state index contributed by atoms with van der Waals surface area (Å²) in [6.45, 7) is 13.4. The van der Waals surface area contributed by atoms with Crippen molar-refractivity contribution < 1.29 is 13.9 Å². The molecule has 0 amide bonds. The second-order valence-electron chi connectivity index (χ2n) is 15.8. The average Bonchev–Trinajstić information content (AvgIpc) is 3.42. The Labute approximate surface area is 276 Å². The summed E-state index contributed by atoms with van der Waals surface area (Å²) in [4.78, 5) is 17.2. The SMILES string of the molecule is CC(C)[C@H](C1CC(N2C[C@H]3COC[C@H]3C2)C1)N1CC2(CCN(c3ncnnc3Oc3ccc(F)cc3-c3ncccc3C3CC3)C2)C1. The summed E-state index contributed by atoms with van der Waals surface area (Å²) in [6, 6.07) is 10.1. The third-order valence-electron chi connectivity index (χ3n) is 12.2. The highest BCUT2D eigenvalue weighted by molar-refractivity contribution is 5.72. The summed E-state index contributed by atoms with van der Waals surface area (Å²) in [7, 11) is 0. The van der Waals surface area contributed by atoms with E-state index in [2.05, 4.69) is 54.8 Å². The van der Waals surface area contributed by atoms with E-state index < -0.39 is 0 Å². The Balaban J connectivity index is 0.870. The van der Waals surface area contributed by atoms with Gasteiger partial charge in [-0.2, -0.15) is 0 Å². The first-order valence-electron chi connectivity index (χ1n) is 17.8. The third-order valence-corrected chi connectivity index (χ3v) is 12.2. The predicted molar refractivity (Wildman–Crippen MR) is 177 cm³/mol. The zero-order valence-corrected chi connectivity index (χ0v) is 27.6. The number of fused-ring (bicyclic) bond motifs is 1. The van der Waals surface area contributed by atoms with E-state index >= 15 is 0 Å². The molecule has 0 N–H and O–H groups in total. The van der Waals surface area contributed by atoms with Gasteiger partial charge in [0.1, 0.15) is 17.9 Å². The summed E-state index contributed by atoms with van der Waals surface area (Å²) in [6.07, 6.45) is 9.34. The summed E-state index contributed by atoms with van der Waals surface area (Å²) >= 11 is 0. The summed E-state index contributed by atoms with van der Waals surface area (Å²) < 4.78 is 26.8. The predicted octanol–water partition coefficient (Wildman–Crippen LogP) is 5.64. The van der Waals surface area contributed by atoms with Gasteiger partial charge >= 0.3 is 0 Å². The maximum absolute atomic E-state index is 14.6. The largest absolute Gasteiger partial charge is 0.434 e. The van der Waals surface area contributed by atoms with Crippen LogP contribution in [0.4, 0.5) is 10.2 Å². The Hall–Kier alpha value is -3.21. The molecule has 6 fully saturated rings. The molecular weight excluding hydrogens is 593 g/mol. The lowest BCUT2D eigenvalue weighted by Crippen LogP contribution is -2.65. The highest BCUT2D eigenvalue weighted by Gasteiger charge is 2.54. The number of rotatable bonds is 9. The van der Waals surface area contributed by atoms with Gasteiger partial charge < -0.3 is 14.4 Å². The molecule has 2 aromatic heterocycles. The van der Waals surface area contributed by atoms with Crippen molar-refractivity contribution in [1.29, 1.82) is 0 Å². The molecule has 248 valence electrons. The lowest BCUT2D eigenvalue weighted by molar-refractivity contribution is -0.0792. The second-order valence-corrected chi connectivity index (χ2v) is 15.8. The van der Waals surface area contributed by atoms with Crippen LogP contribution in [0.2, 0.25) is 0 Å². The normalized spacial score (nSPS) is 29.2.